The minimum Gasteiger partial charge on any atom is -0.456 e. The molecule has 7 nitrogen and oxygen atoms in total. The van der Waals surface area contributed by atoms with Crippen molar-refractivity contribution >= 4 is 33.9 Å². The van der Waals surface area contributed by atoms with Crippen LogP contribution in [0.2, 0.25) is 0 Å². The molecule has 1 amide bonds. The van der Waals surface area contributed by atoms with Gasteiger partial charge in [0.2, 0.25) is 5.91 Å². The van der Waals surface area contributed by atoms with Crippen molar-refractivity contribution in [1.29, 1.82) is 0 Å². The van der Waals surface area contributed by atoms with E-state index in [9.17, 15) is 14.4 Å². The van der Waals surface area contributed by atoms with Crippen LogP contribution in [0.5, 0.6) is 0 Å². The third kappa shape index (κ3) is 4.83. The van der Waals surface area contributed by atoms with Crippen molar-refractivity contribution in [1.82, 2.24) is 9.38 Å². The van der Waals surface area contributed by atoms with Crippen molar-refractivity contribution in [3.05, 3.63) is 63.0 Å². The number of nitrogens with one attached hydrogen (secondary N) is 1. The number of amides is 1. The van der Waals surface area contributed by atoms with Crippen LogP contribution in [-0.4, -0.2) is 21.3 Å². The maximum atomic E-state index is 12.2. The van der Waals surface area contributed by atoms with Gasteiger partial charge in [-0.2, -0.15) is 0 Å². The number of esters is 1. The zero-order chi connectivity index (χ0) is 20.3. The summed E-state index contributed by atoms with van der Waals surface area (Å²) in [6.45, 7) is 5.75. The van der Waals surface area contributed by atoms with Crippen LogP contribution in [0.1, 0.15) is 41.2 Å². The molecule has 0 unspecified atom stereocenters. The van der Waals surface area contributed by atoms with E-state index in [1.165, 1.54) is 21.8 Å². The number of aryl methyl sites for hydroxylation is 1. The largest absolute Gasteiger partial charge is 0.456 e. The highest BCUT2D eigenvalue weighted by atomic mass is 32.1. The maximum Gasteiger partial charge on any atom is 0.338 e. The third-order valence-electron chi connectivity index (χ3n) is 3.89. The molecule has 0 fully saturated rings. The summed E-state index contributed by atoms with van der Waals surface area (Å²) in [5.41, 5.74) is 1.17. The van der Waals surface area contributed by atoms with Gasteiger partial charge in [0.05, 0.1) is 11.3 Å². The average molecular weight is 399 g/mol. The number of hydrogen-bond donors (Lipinski definition) is 1. The number of carbonyl (C=O) groups excluding carboxylic acids is 2. The van der Waals surface area contributed by atoms with Crippen molar-refractivity contribution in [2.24, 2.45) is 5.92 Å². The molecule has 28 heavy (non-hydrogen) atoms. The van der Waals surface area contributed by atoms with Crippen molar-refractivity contribution < 1.29 is 14.3 Å². The summed E-state index contributed by atoms with van der Waals surface area (Å²) >= 11 is 1.40. The number of fused-ring (bicyclic) bond motifs is 1. The van der Waals surface area contributed by atoms with Gasteiger partial charge in [0, 0.05) is 29.2 Å². The molecule has 0 aliphatic carbocycles. The van der Waals surface area contributed by atoms with Gasteiger partial charge in [0.15, 0.2) is 4.96 Å². The van der Waals surface area contributed by atoms with Gasteiger partial charge in [-0.25, -0.2) is 9.78 Å². The topological polar surface area (TPSA) is 89.8 Å². The Morgan fingerprint density at radius 3 is 2.64 bits per heavy atom. The Morgan fingerprint density at radius 1 is 1.25 bits per heavy atom. The summed E-state index contributed by atoms with van der Waals surface area (Å²) in [4.78, 5) is 42.0. The van der Waals surface area contributed by atoms with Gasteiger partial charge in [-0.1, -0.05) is 13.8 Å². The van der Waals surface area contributed by atoms with E-state index in [0.29, 0.717) is 28.3 Å². The molecule has 0 bridgehead atoms. The third-order valence-corrected chi connectivity index (χ3v) is 4.78. The van der Waals surface area contributed by atoms with Crippen LogP contribution < -0.4 is 10.9 Å². The van der Waals surface area contributed by atoms with Gasteiger partial charge in [0.1, 0.15) is 6.61 Å². The van der Waals surface area contributed by atoms with Gasteiger partial charge in [-0.05, 0) is 37.1 Å². The van der Waals surface area contributed by atoms with Crippen LogP contribution in [0.25, 0.3) is 4.96 Å². The maximum absolute atomic E-state index is 12.2. The van der Waals surface area contributed by atoms with E-state index in [0.717, 1.165) is 4.88 Å². The summed E-state index contributed by atoms with van der Waals surface area (Å²) in [5, 5.41) is 2.79. The van der Waals surface area contributed by atoms with Gasteiger partial charge in [0.25, 0.3) is 5.56 Å². The monoisotopic (exact) mass is 399 g/mol. The molecule has 3 aromatic rings. The van der Waals surface area contributed by atoms with Crippen molar-refractivity contribution in [2.75, 3.05) is 5.32 Å². The Kier molecular flexibility index (Phi) is 5.89. The second-order valence-corrected chi connectivity index (χ2v) is 8.09. The number of benzene rings is 1. The quantitative estimate of drug-likeness (QED) is 0.642. The molecular weight excluding hydrogens is 378 g/mol. The number of rotatable bonds is 6. The number of aromatic nitrogens is 2. The SMILES string of the molecule is Cc1cn2c(=O)cc(COC(=O)c3ccc(NC(=O)CC(C)C)cc3)nc2s1. The molecule has 0 saturated heterocycles. The van der Waals surface area contributed by atoms with Gasteiger partial charge >= 0.3 is 5.97 Å². The number of carbonyl (C=O) groups is 2. The molecule has 0 radical (unpaired) electrons. The Morgan fingerprint density at radius 2 is 1.96 bits per heavy atom. The molecule has 2 heterocycles. The van der Waals surface area contributed by atoms with E-state index in [1.54, 1.807) is 30.5 Å². The molecule has 1 aromatic carbocycles. The predicted molar refractivity (Wildman–Crippen MR) is 108 cm³/mol. The van der Waals surface area contributed by atoms with E-state index in [2.05, 4.69) is 10.3 Å². The Balaban J connectivity index is 1.62. The van der Waals surface area contributed by atoms with Crippen LogP contribution in [0, 0.1) is 12.8 Å². The van der Waals surface area contributed by atoms with E-state index < -0.39 is 5.97 Å². The molecule has 0 atom stereocenters. The van der Waals surface area contributed by atoms with Crippen molar-refractivity contribution in [3.8, 4) is 0 Å². The van der Waals surface area contributed by atoms with E-state index in [4.69, 9.17) is 4.74 Å². The lowest BCUT2D eigenvalue weighted by atomic mass is 10.1. The first-order valence-electron chi connectivity index (χ1n) is 8.87. The summed E-state index contributed by atoms with van der Waals surface area (Å²) in [6, 6.07) is 7.84. The standard InChI is InChI=1S/C20H21N3O4S/c1-12(2)8-17(24)21-15-6-4-14(5-7-15)19(26)27-11-16-9-18(25)23-10-13(3)28-20(23)22-16/h4-7,9-10,12H,8,11H2,1-3H3,(H,21,24). The molecule has 8 heteroatoms. The van der Waals surface area contributed by atoms with E-state index in [-0.39, 0.29) is 24.0 Å². The number of nitrogens with zero attached hydrogens (tertiary/aromatic N) is 2. The first kappa shape index (κ1) is 19.8. The van der Waals surface area contributed by atoms with Crippen LogP contribution in [0.15, 0.2) is 41.3 Å². The van der Waals surface area contributed by atoms with Crippen LogP contribution >= 0.6 is 11.3 Å². The van der Waals surface area contributed by atoms with Crippen LogP contribution in [0.4, 0.5) is 5.69 Å². The molecule has 0 spiro atoms. The second-order valence-electron chi connectivity index (χ2n) is 6.88. The molecule has 1 N–H and O–H groups in total. The van der Waals surface area contributed by atoms with Crippen molar-refractivity contribution in [3.63, 3.8) is 0 Å². The minimum atomic E-state index is -0.524. The fraction of sp³-hybridized carbons (Fsp3) is 0.300. The molecule has 0 saturated carbocycles. The number of hydrogen-bond acceptors (Lipinski definition) is 6. The average Bonchev–Trinajstić information content (AvgIpc) is 3.00. The molecule has 146 valence electrons. The Bertz CT molecular complexity index is 1070. The highest BCUT2D eigenvalue weighted by molar-refractivity contribution is 7.16. The first-order chi connectivity index (χ1) is 13.3. The van der Waals surface area contributed by atoms with Crippen LogP contribution in [-0.2, 0) is 16.1 Å². The predicted octanol–water partition coefficient (Wildman–Crippen LogP) is 3.41. The summed E-state index contributed by atoms with van der Waals surface area (Å²) in [7, 11) is 0. The molecule has 3 rings (SSSR count). The minimum absolute atomic E-state index is 0.0677. The van der Waals surface area contributed by atoms with Crippen molar-refractivity contribution in [2.45, 2.75) is 33.8 Å². The highest BCUT2D eigenvalue weighted by Crippen LogP contribution is 2.15. The van der Waals surface area contributed by atoms with Gasteiger partial charge in [-0.15, -0.1) is 11.3 Å². The molecule has 0 aliphatic heterocycles. The van der Waals surface area contributed by atoms with Crippen LogP contribution in [0.3, 0.4) is 0 Å². The fourth-order valence-corrected chi connectivity index (χ4v) is 3.48. The lowest BCUT2D eigenvalue weighted by molar-refractivity contribution is -0.116. The molecule has 0 aliphatic rings. The second kappa shape index (κ2) is 8.35. The molecular formula is C20H21N3O4S. The normalized spacial score (nSPS) is 11.0. The summed E-state index contributed by atoms with van der Waals surface area (Å²) in [5.74, 6) is -0.320. The lowest BCUT2D eigenvalue weighted by Crippen LogP contribution is -2.15. The van der Waals surface area contributed by atoms with E-state index >= 15 is 0 Å². The number of ether oxygens (including phenoxy) is 1. The zero-order valence-electron chi connectivity index (χ0n) is 15.9. The molecule has 2 aromatic heterocycles. The Hall–Kier alpha value is -3.00. The first-order valence-corrected chi connectivity index (χ1v) is 9.69. The zero-order valence-corrected chi connectivity index (χ0v) is 16.7. The van der Waals surface area contributed by atoms with E-state index in [1.807, 2.05) is 20.8 Å². The fourth-order valence-electron chi connectivity index (χ4n) is 2.63. The number of thiazole rings is 1. The smallest absolute Gasteiger partial charge is 0.338 e. The summed E-state index contributed by atoms with van der Waals surface area (Å²) in [6.07, 6.45) is 2.16. The van der Waals surface area contributed by atoms with Gasteiger partial charge < -0.3 is 10.1 Å². The lowest BCUT2D eigenvalue weighted by Gasteiger charge is -2.08. The Labute approximate surface area is 166 Å². The summed E-state index contributed by atoms with van der Waals surface area (Å²) < 4.78 is 6.74. The highest BCUT2D eigenvalue weighted by Gasteiger charge is 2.11. The van der Waals surface area contributed by atoms with Gasteiger partial charge in [-0.3, -0.25) is 14.0 Å². The number of anilines is 1.